The van der Waals surface area contributed by atoms with Gasteiger partial charge < -0.3 is 4.18 Å². The molecule has 72 valence electrons. The van der Waals surface area contributed by atoms with E-state index >= 15 is 0 Å². The number of hydrogen-bond donors (Lipinski definition) is 0. The molecule has 1 aliphatic heterocycles. The zero-order valence-corrected chi connectivity index (χ0v) is 9.41. The molecule has 1 heterocycles. The topological polar surface area (TPSA) is 9.23 Å². The summed E-state index contributed by atoms with van der Waals surface area (Å²) >= 11 is 1.63. The van der Waals surface area contributed by atoms with E-state index in [2.05, 4.69) is 27.7 Å². The molecule has 0 aliphatic carbocycles. The van der Waals surface area contributed by atoms with Crippen LogP contribution in [0.15, 0.2) is 0 Å². The van der Waals surface area contributed by atoms with E-state index in [0.717, 1.165) is 24.2 Å². The number of hydrogen-bond acceptors (Lipinski definition) is 2. The van der Waals surface area contributed by atoms with E-state index in [1.165, 1.54) is 6.42 Å². The molecule has 1 saturated heterocycles. The predicted octanol–water partition coefficient (Wildman–Crippen LogP) is 3.35. The average Bonchev–Trinajstić information content (AvgIpc) is 2.05. The maximum Gasteiger partial charge on any atom is 0.0675 e. The smallest absolute Gasteiger partial charge is 0.0675 e. The normalized spacial score (nSPS) is 23.5. The molecule has 0 atom stereocenters. The third-order valence-corrected chi connectivity index (χ3v) is 4.02. The van der Waals surface area contributed by atoms with Gasteiger partial charge in [-0.2, -0.15) is 0 Å². The summed E-state index contributed by atoms with van der Waals surface area (Å²) in [5.74, 6) is 2.63. The second-order valence-corrected chi connectivity index (χ2v) is 5.26. The van der Waals surface area contributed by atoms with Crippen LogP contribution in [-0.2, 0) is 4.18 Å². The fraction of sp³-hybridized carbons (Fsp3) is 1.00. The Morgan fingerprint density at radius 2 is 1.75 bits per heavy atom. The zero-order chi connectivity index (χ0) is 9.19. The van der Waals surface area contributed by atoms with E-state index < -0.39 is 0 Å². The molecule has 0 radical (unpaired) electrons. The van der Waals surface area contributed by atoms with E-state index in [1.54, 1.807) is 12.0 Å². The molecule has 2 heteroatoms. The Hall–Kier alpha value is 0.310. The fourth-order valence-electron chi connectivity index (χ4n) is 2.09. The summed E-state index contributed by atoms with van der Waals surface area (Å²) in [6.07, 6.45) is 1.31. The molecule has 1 rings (SSSR count). The van der Waals surface area contributed by atoms with Gasteiger partial charge in [0, 0.05) is 11.2 Å². The lowest BCUT2D eigenvalue weighted by Crippen LogP contribution is -2.40. The Bertz CT molecular complexity index is 127. The van der Waals surface area contributed by atoms with Crippen molar-refractivity contribution in [2.45, 2.75) is 34.1 Å². The molecule has 0 spiro atoms. The van der Waals surface area contributed by atoms with Crippen molar-refractivity contribution >= 4 is 12.0 Å². The van der Waals surface area contributed by atoms with Gasteiger partial charge in [-0.25, -0.2) is 0 Å². The Morgan fingerprint density at radius 3 is 2.00 bits per heavy atom. The molecule has 0 saturated carbocycles. The Morgan fingerprint density at radius 1 is 1.17 bits per heavy atom. The molecule has 0 aromatic carbocycles. The van der Waals surface area contributed by atoms with Crippen LogP contribution in [0.25, 0.3) is 0 Å². The van der Waals surface area contributed by atoms with Gasteiger partial charge in [-0.15, -0.1) is 0 Å². The summed E-state index contributed by atoms with van der Waals surface area (Å²) in [7, 11) is 0. The standard InChI is InChI=1S/C10H20OS/c1-8(2)10(9(3)4)5-6-12-11-7-10/h8-9H,5-7H2,1-4H3. The third kappa shape index (κ3) is 1.80. The first-order valence-corrected chi connectivity index (χ1v) is 5.75. The second kappa shape index (κ2) is 4.01. The summed E-state index contributed by atoms with van der Waals surface area (Å²) in [6, 6.07) is 0. The van der Waals surface area contributed by atoms with Crippen LogP contribution in [0.1, 0.15) is 34.1 Å². The highest BCUT2D eigenvalue weighted by molar-refractivity contribution is 7.94. The lowest BCUT2D eigenvalue weighted by molar-refractivity contribution is 0.0380. The first kappa shape index (κ1) is 10.4. The molecule has 1 nitrogen and oxygen atoms in total. The van der Waals surface area contributed by atoms with Crippen LogP contribution in [-0.4, -0.2) is 12.4 Å². The van der Waals surface area contributed by atoms with Crippen molar-refractivity contribution < 1.29 is 4.18 Å². The highest BCUT2D eigenvalue weighted by Gasteiger charge is 2.39. The monoisotopic (exact) mass is 188 g/mol. The van der Waals surface area contributed by atoms with Crippen molar-refractivity contribution in [2.75, 3.05) is 12.4 Å². The van der Waals surface area contributed by atoms with Crippen molar-refractivity contribution in [3.05, 3.63) is 0 Å². The number of rotatable bonds is 2. The Balaban J connectivity index is 2.70. The molecule has 0 N–H and O–H groups in total. The lowest BCUT2D eigenvalue weighted by Gasteiger charge is -2.43. The fourth-order valence-corrected chi connectivity index (χ4v) is 2.98. The lowest BCUT2D eigenvalue weighted by atomic mass is 9.68. The SMILES string of the molecule is CC(C)C1(C(C)C)CCSOC1. The summed E-state index contributed by atoms with van der Waals surface area (Å²) in [4.78, 5) is 0. The van der Waals surface area contributed by atoms with E-state index in [-0.39, 0.29) is 0 Å². The van der Waals surface area contributed by atoms with Crippen LogP contribution < -0.4 is 0 Å². The summed E-state index contributed by atoms with van der Waals surface area (Å²) < 4.78 is 5.52. The minimum Gasteiger partial charge on any atom is -0.315 e. The summed E-state index contributed by atoms with van der Waals surface area (Å²) in [5, 5.41) is 0. The summed E-state index contributed by atoms with van der Waals surface area (Å²) in [6.45, 7) is 10.2. The van der Waals surface area contributed by atoms with Crippen LogP contribution >= 0.6 is 12.0 Å². The first-order valence-electron chi connectivity index (χ1n) is 4.84. The predicted molar refractivity (Wildman–Crippen MR) is 55.1 cm³/mol. The zero-order valence-electron chi connectivity index (χ0n) is 8.59. The average molecular weight is 188 g/mol. The molecular formula is C10H20OS. The van der Waals surface area contributed by atoms with Gasteiger partial charge in [-0.3, -0.25) is 0 Å². The van der Waals surface area contributed by atoms with Crippen LogP contribution in [0.3, 0.4) is 0 Å². The van der Waals surface area contributed by atoms with Gasteiger partial charge in [0.25, 0.3) is 0 Å². The van der Waals surface area contributed by atoms with Gasteiger partial charge in [0.15, 0.2) is 0 Å². The van der Waals surface area contributed by atoms with Crippen LogP contribution in [0.2, 0.25) is 0 Å². The third-order valence-electron chi connectivity index (χ3n) is 3.36. The van der Waals surface area contributed by atoms with Crippen LogP contribution in [0.5, 0.6) is 0 Å². The quantitative estimate of drug-likeness (QED) is 0.615. The van der Waals surface area contributed by atoms with Gasteiger partial charge in [-0.05, 0) is 30.3 Å². The molecule has 1 fully saturated rings. The van der Waals surface area contributed by atoms with E-state index in [0.29, 0.717) is 5.41 Å². The molecule has 0 amide bonds. The molecule has 0 aromatic heterocycles. The van der Waals surface area contributed by atoms with Crippen LogP contribution in [0, 0.1) is 17.3 Å². The van der Waals surface area contributed by atoms with Gasteiger partial charge in [-0.1, -0.05) is 27.7 Å². The molecule has 12 heavy (non-hydrogen) atoms. The minimum atomic E-state index is 0.436. The Kier molecular flexibility index (Phi) is 3.47. The highest BCUT2D eigenvalue weighted by atomic mass is 32.2. The van der Waals surface area contributed by atoms with Crippen molar-refractivity contribution in [1.29, 1.82) is 0 Å². The molecule has 1 aliphatic rings. The maximum atomic E-state index is 5.52. The van der Waals surface area contributed by atoms with Gasteiger partial charge in [0.2, 0.25) is 0 Å². The second-order valence-electron chi connectivity index (χ2n) is 4.38. The largest absolute Gasteiger partial charge is 0.315 e. The highest BCUT2D eigenvalue weighted by Crippen LogP contribution is 2.44. The van der Waals surface area contributed by atoms with Gasteiger partial charge in [0.05, 0.1) is 6.61 Å². The maximum absolute atomic E-state index is 5.52. The first-order chi connectivity index (χ1) is 5.59. The van der Waals surface area contributed by atoms with E-state index in [1.807, 2.05) is 0 Å². The van der Waals surface area contributed by atoms with Gasteiger partial charge >= 0.3 is 0 Å². The Labute approximate surface area is 80.5 Å². The molecule has 0 unspecified atom stereocenters. The van der Waals surface area contributed by atoms with E-state index in [4.69, 9.17) is 4.18 Å². The van der Waals surface area contributed by atoms with E-state index in [9.17, 15) is 0 Å². The van der Waals surface area contributed by atoms with Crippen molar-refractivity contribution in [2.24, 2.45) is 17.3 Å². The van der Waals surface area contributed by atoms with Gasteiger partial charge in [0.1, 0.15) is 0 Å². The van der Waals surface area contributed by atoms with Crippen molar-refractivity contribution in [3.63, 3.8) is 0 Å². The molecule has 0 aromatic rings. The van der Waals surface area contributed by atoms with Crippen molar-refractivity contribution in [3.8, 4) is 0 Å². The molecule has 0 bridgehead atoms. The molecular weight excluding hydrogens is 168 g/mol. The minimum absolute atomic E-state index is 0.436. The van der Waals surface area contributed by atoms with Crippen LogP contribution in [0.4, 0.5) is 0 Å². The van der Waals surface area contributed by atoms with Crippen molar-refractivity contribution in [1.82, 2.24) is 0 Å². The summed E-state index contributed by atoms with van der Waals surface area (Å²) in [5.41, 5.74) is 0.436.